The first-order valence-corrected chi connectivity index (χ1v) is 5.72. The van der Waals surface area contributed by atoms with Crippen molar-refractivity contribution < 1.29 is 4.74 Å². The maximum atomic E-state index is 5.56. The van der Waals surface area contributed by atoms with Gasteiger partial charge in [-0.1, -0.05) is 19.1 Å². The van der Waals surface area contributed by atoms with E-state index < -0.39 is 0 Å². The molecule has 0 aromatic heterocycles. The summed E-state index contributed by atoms with van der Waals surface area (Å²) < 4.78 is 5.26. The van der Waals surface area contributed by atoms with Crippen molar-refractivity contribution in [3.05, 3.63) is 24.3 Å². The van der Waals surface area contributed by atoms with Gasteiger partial charge in [0.2, 0.25) is 0 Å². The molecule has 0 heterocycles. The topological polar surface area (TPSA) is 35.2 Å². The van der Waals surface area contributed by atoms with Gasteiger partial charge in [0, 0.05) is 10.6 Å². The van der Waals surface area contributed by atoms with Gasteiger partial charge in [-0.3, -0.25) is 0 Å². The molecule has 0 aliphatic heterocycles. The van der Waals surface area contributed by atoms with Gasteiger partial charge in [0.15, 0.2) is 0 Å². The first kappa shape index (κ1) is 14.6. The predicted octanol–water partition coefficient (Wildman–Crippen LogP) is 2.80. The summed E-state index contributed by atoms with van der Waals surface area (Å²) in [5, 5.41) is 0. The molecular formula is C11H18ClNOS. The van der Waals surface area contributed by atoms with E-state index >= 15 is 0 Å². The number of benzene rings is 1. The van der Waals surface area contributed by atoms with Gasteiger partial charge >= 0.3 is 0 Å². The molecule has 4 heteroatoms. The lowest BCUT2D eigenvalue weighted by molar-refractivity contribution is 0.405. The van der Waals surface area contributed by atoms with Crippen LogP contribution in [0.3, 0.4) is 0 Å². The summed E-state index contributed by atoms with van der Waals surface area (Å²) in [6.45, 7) is 2.89. The Morgan fingerprint density at radius 1 is 1.40 bits per heavy atom. The number of para-hydroxylation sites is 1. The lowest BCUT2D eigenvalue weighted by Crippen LogP contribution is -2.12. The zero-order valence-electron chi connectivity index (χ0n) is 9.10. The SMILES string of the molecule is COc1ccccc1SCC(C)CN.Cl. The van der Waals surface area contributed by atoms with Crippen LogP contribution in [0.5, 0.6) is 5.75 Å². The van der Waals surface area contributed by atoms with Crippen LogP contribution in [0.4, 0.5) is 0 Å². The van der Waals surface area contributed by atoms with E-state index in [1.165, 1.54) is 4.90 Å². The molecule has 1 unspecified atom stereocenters. The molecule has 1 aromatic rings. The summed E-state index contributed by atoms with van der Waals surface area (Å²) in [6.07, 6.45) is 0. The number of hydrogen-bond donors (Lipinski definition) is 1. The summed E-state index contributed by atoms with van der Waals surface area (Å²) in [4.78, 5) is 1.19. The Morgan fingerprint density at radius 3 is 2.67 bits per heavy atom. The van der Waals surface area contributed by atoms with Crippen molar-refractivity contribution in [3.8, 4) is 5.75 Å². The number of thioether (sulfide) groups is 1. The molecule has 1 aromatic carbocycles. The molecule has 0 amide bonds. The van der Waals surface area contributed by atoms with Crippen LogP contribution in [-0.2, 0) is 0 Å². The van der Waals surface area contributed by atoms with Gasteiger partial charge in [-0.2, -0.15) is 0 Å². The molecule has 0 saturated heterocycles. The predicted molar refractivity (Wildman–Crippen MR) is 69.2 cm³/mol. The van der Waals surface area contributed by atoms with Gasteiger partial charge in [0.05, 0.1) is 7.11 Å². The minimum absolute atomic E-state index is 0. The molecule has 0 aliphatic rings. The molecule has 0 fully saturated rings. The summed E-state index contributed by atoms with van der Waals surface area (Å²) in [5.41, 5.74) is 5.56. The fraction of sp³-hybridized carbons (Fsp3) is 0.455. The highest BCUT2D eigenvalue weighted by Gasteiger charge is 2.04. The molecule has 2 N–H and O–H groups in total. The van der Waals surface area contributed by atoms with Crippen molar-refractivity contribution in [1.29, 1.82) is 0 Å². The van der Waals surface area contributed by atoms with Crippen LogP contribution < -0.4 is 10.5 Å². The molecule has 0 saturated carbocycles. The van der Waals surface area contributed by atoms with Gasteiger partial charge < -0.3 is 10.5 Å². The minimum Gasteiger partial charge on any atom is -0.496 e. The highest BCUT2D eigenvalue weighted by Crippen LogP contribution is 2.29. The van der Waals surface area contributed by atoms with Crippen molar-refractivity contribution in [2.24, 2.45) is 11.7 Å². The van der Waals surface area contributed by atoms with Crippen molar-refractivity contribution in [1.82, 2.24) is 0 Å². The maximum Gasteiger partial charge on any atom is 0.132 e. The van der Waals surface area contributed by atoms with Crippen LogP contribution >= 0.6 is 24.2 Å². The highest BCUT2D eigenvalue weighted by molar-refractivity contribution is 7.99. The molecule has 0 bridgehead atoms. The van der Waals surface area contributed by atoms with E-state index in [1.54, 1.807) is 18.9 Å². The molecular weight excluding hydrogens is 230 g/mol. The molecule has 0 aliphatic carbocycles. The summed E-state index contributed by atoms with van der Waals surface area (Å²) >= 11 is 1.80. The molecule has 1 atom stereocenters. The zero-order chi connectivity index (χ0) is 10.4. The van der Waals surface area contributed by atoms with Crippen LogP contribution in [0, 0.1) is 5.92 Å². The first-order valence-electron chi connectivity index (χ1n) is 4.73. The first-order chi connectivity index (χ1) is 6.77. The summed E-state index contributed by atoms with van der Waals surface area (Å²) in [5.74, 6) is 2.53. The van der Waals surface area contributed by atoms with Crippen LogP contribution in [0.1, 0.15) is 6.92 Å². The summed E-state index contributed by atoms with van der Waals surface area (Å²) in [7, 11) is 1.70. The molecule has 0 spiro atoms. The van der Waals surface area contributed by atoms with E-state index in [0.29, 0.717) is 5.92 Å². The molecule has 0 radical (unpaired) electrons. The second-order valence-corrected chi connectivity index (χ2v) is 4.36. The summed E-state index contributed by atoms with van der Waals surface area (Å²) in [6, 6.07) is 8.06. The Labute approximate surface area is 102 Å². The fourth-order valence-electron chi connectivity index (χ4n) is 1.04. The molecule has 86 valence electrons. The molecule has 2 nitrogen and oxygen atoms in total. The van der Waals surface area contributed by atoms with Gasteiger partial charge in [-0.25, -0.2) is 0 Å². The average Bonchev–Trinajstić information content (AvgIpc) is 2.26. The van der Waals surface area contributed by atoms with Crippen molar-refractivity contribution >= 4 is 24.2 Å². The van der Waals surface area contributed by atoms with Crippen LogP contribution in [0.2, 0.25) is 0 Å². The average molecular weight is 248 g/mol. The number of ether oxygens (including phenoxy) is 1. The number of halogens is 1. The Bertz CT molecular complexity index is 283. The monoisotopic (exact) mass is 247 g/mol. The lowest BCUT2D eigenvalue weighted by atomic mass is 10.2. The molecule has 15 heavy (non-hydrogen) atoms. The van der Waals surface area contributed by atoms with E-state index in [0.717, 1.165) is 18.0 Å². The third-order valence-corrected chi connectivity index (χ3v) is 3.38. The van der Waals surface area contributed by atoms with E-state index in [2.05, 4.69) is 13.0 Å². The number of methoxy groups -OCH3 is 1. The van der Waals surface area contributed by atoms with Crippen molar-refractivity contribution in [2.45, 2.75) is 11.8 Å². The normalized spacial score (nSPS) is 11.7. The minimum atomic E-state index is 0. The smallest absolute Gasteiger partial charge is 0.132 e. The number of nitrogens with two attached hydrogens (primary N) is 1. The largest absolute Gasteiger partial charge is 0.496 e. The van der Waals surface area contributed by atoms with Crippen LogP contribution in [-0.4, -0.2) is 19.4 Å². The maximum absolute atomic E-state index is 5.56. The number of rotatable bonds is 5. The van der Waals surface area contributed by atoms with Gasteiger partial charge in [-0.15, -0.1) is 24.2 Å². The van der Waals surface area contributed by atoms with Crippen molar-refractivity contribution in [2.75, 3.05) is 19.4 Å². The third-order valence-electron chi connectivity index (χ3n) is 1.99. The van der Waals surface area contributed by atoms with E-state index in [-0.39, 0.29) is 12.4 Å². The highest BCUT2D eigenvalue weighted by atomic mass is 35.5. The Morgan fingerprint density at radius 2 is 2.07 bits per heavy atom. The molecule has 1 rings (SSSR count). The van der Waals surface area contributed by atoms with Crippen molar-refractivity contribution in [3.63, 3.8) is 0 Å². The zero-order valence-corrected chi connectivity index (χ0v) is 10.7. The van der Waals surface area contributed by atoms with E-state index in [1.807, 2.05) is 18.2 Å². The van der Waals surface area contributed by atoms with E-state index in [4.69, 9.17) is 10.5 Å². The lowest BCUT2D eigenvalue weighted by Gasteiger charge is -2.10. The van der Waals surface area contributed by atoms with E-state index in [9.17, 15) is 0 Å². The third kappa shape index (κ3) is 4.78. The Kier molecular flexibility index (Phi) is 7.65. The second-order valence-electron chi connectivity index (χ2n) is 3.30. The standard InChI is InChI=1S/C11H17NOS.ClH/c1-9(7-12)8-14-11-6-4-3-5-10(11)13-2;/h3-6,9H,7-8,12H2,1-2H3;1H. The quantitative estimate of drug-likeness (QED) is 0.813. The van der Waals surface area contributed by atoms with Crippen LogP contribution in [0.15, 0.2) is 29.2 Å². The Balaban J connectivity index is 0.00000196. The van der Waals surface area contributed by atoms with Gasteiger partial charge in [-0.05, 0) is 24.6 Å². The Hall–Kier alpha value is -0.380. The fourth-order valence-corrected chi connectivity index (χ4v) is 2.11. The second kappa shape index (κ2) is 7.85. The van der Waals surface area contributed by atoms with Crippen LogP contribution in [0.25, 0.3) is 0 Å². The van der Waals surface area contributed by atoms with Gasteiger partial charge in [0.25, 0.3) is 0 Å². The number of hydrogen-bond acceptors (Lipinski definition) is 3. The van der Waals surface area contributed by atoms with Gasteiger partial charge in [0.1, 0.15) is 5.75 Å².